The van der Waals surface area contributed by atoms with E-state index in [-0.39, 0.29) is 12.1 Å². The highest BCUT2D eigenvalue weighted by Gasteiger charge is 2.21. The molecule has 0 amide bonds. The van der Waals surface area contributed by atoms with Gasteiger partial charge in [-0.3, -0.25) is 0 Å². The van der Waals surface area contributed by atoms with Gasteiger partial charge in [-0.1, -0.05) is 29.8 Å². The van der Waals surface area contributed by atoms with Crippen LogP contribution in [0, 0.1) is 0 Å². The standard InChI is InChI=1S/C16H18ClNO2/c1-11(18)16(14-5-3-4-6-15(14)19-2)20-13-9-7-12(17)8-10-13/h3-11,16H,18H2,1-2H3. The van der Waals surface area contributed by atoms with Crippen molar-refractivity contribution in [3.05, 3.63) is 59.1 Å². The number of hydrogen-bond acceptors (Lipinski definition) is 3. The summed E-state index contributed by atoms with van der Waals surface area (Å²) in [6.45, 7) is 1.91. The van der Waals surface area contributed by atoms with Crippen LogP contribution in [0.3, 0.4) is 0 Å². The summed E-state index contributed by atoms with van der Waals surface area (Å²) in [6.07, 6.45) is -0.285. The predicted molar refractivity (Wildman–Crippen MR) is 81.5 cm³/mol. The molecule has 0 aromatic heterocycles. The molecule has 0 aliphatic carbocycles. The zero-order valence-corrected chi connectivity index (χ0v) is 12.3. The zero-order chi connectivity index (χ0) is 14.5. The van der Waals surface area contributed by atoms with E-state index in [2.05, 4.69) is 0 Å². The Morgan fingerprint density at radius 3 is 2.30 bits per heavy atom. The van der Waals surface area contributed by atoms with Crippen LogP contribution >= 0.6 is 11.6 Å². The van der Waals surface area contributed by atoms with Gasteiger partial charge >= 0.3 is 0 Å². The second-order valence-electron chi connectivity index (χ2n) is 4.59. The fraction of sp³-hybridized carbons (Fsp3) is 0.250. The maximum Gasteiger partial charge on any atom is 0.142 e. The molecule has 2 rings (SSSR count). The molecule has 2 N–H and O–H groups in total. The summed E-state index contributed by atoms with van der Waals surface area (Å²) in [5.41, 5.74) is 6.99. The zero-order valence-electron chi connectivity index (χ0n) is 11.5. The van der Waals surface area contributed by atoms with Crippen LogP contribution in [0.5, 0.6) is 11.5 Å². The van der Waals surface area contributed by atoms with Crippen molar-refractivity contribution in [2.75, 3.05) is 7.11 Å². The number of ether oxygens (including phenoxy) is 2. The topological polar surface area (TPSA) is 44.5 Å². The molecule has 2 aromatic rings. The minimum absolute atomic E-state index is 0.179. The Bertz CT molecular complexity index is 555. The Kier molecular flexibility index (Phi) is 4.88. The van der Waals surface area contributed by atoms with Crippen LogP contribution in [0.1, 0.15) is 18.6 Å². The fourth-order valence-corrected chi connectivity index (χ4v) is 2.14. The van der Waals surface area contributed by atoms with E-state index >= 15 is 0 Å². The molecule has 0 saturated heterocycles. The van der Waals surface area contributed by atoms with Gasteiger partial charge in [-0.25, -0.2) is 0 Å². The third-order valence-corrected chi connectivity index (χ3v) is 3.25. The van der Waals surface area contributed by atoms with Gasteiger partial charge in [-0.2, -0.15) is 0 Å². The van der Waals surface area contributed by atoms with E-state index in [1.54, 1.807) is 19.2 Å². The first-order valence-corrected chi connectivity index (χ1v) is 6.80. The van der Waals surface area contributed by atoms with Crippen LogP contribution in [-0.4, -0.2) is 13.2 Å². The van der Waals surface area contributed by atoms with Gasteiger partial charge in [0, 0.05) is 16.6 Å². The minimum Gasteiger partial charge on any atom is -0.496 e. The first-order chi connectivity index (χ1) is 9.61. The van der Waals surface area contributed by atoms with E-state index in [1.807, 2.05) is 43.3 Å². The number of nitrogens with two attached hydrogens (primary N) is 1. The van der Waals surface area contributed by atoms with Crippen LogP contribution in [0.4, 0.5) is 0 Å². The molecule has 0 spiro atoms. The molecular weight excluding hydrogens is 274 g/mol. The normalized spacial score (nSPS) is 13.6. The Hall–Kier alpha value is -1.71. The first-order valence-electron chi connectivity index (χ1n) is 6.42. The molecule has 0 fully saturated rings. The molecule has 2 unspecified atom stereocenters. The average molecular weight is 292 g/mol. The van der Waals surface area contributed by atoms with E-state index in [1.165, 1.54) is 0 Å². The third-order valence-electron chi connectivity index (χ3n) is 3.00. The second-order valence-corrected chi connectivity index (χ2v) is 5.03. The van der Waals surface area contributed by atoms with Crippen molar-refractivity contribution in [1.82, 2.24) is 0 Å². The summed E-state index contributed by atoms with van der Waals surface area (Å²) in [5.74, 6) is 1.49. The van der Waals surface area contributed by atoms with Gasteiger partial charge in [-0.05, 0) is 37.3 Å². The average Bonchev–Trinajstić information content (AvgIpc) is 2.46. The van der Waals surface area contributed by atoms with Crippen LogP contribution in [0.15, 0.2) is 48.5 Å². The summed E-state index contributed by atoms with van der Waals surface area (Å²) in [6, 6.07) is 14.8. The number of para-hydroxylation sites is 1. The lowest BCUT2D eigenvalue weighted by molar-refractivity contribution is 0.176. The molecule has 0 radical (unpaired) electrons. The van der Waals surface area contributed by atoms with Crippen molar-refractivity contribution in [2.45, 2.75) is 19.1 Å². The van der Waals surface area contributed by atoms with E-state index < -0.39 is 0 Å². The summed E-state index contributed by atoms with van der Waals surface area (Å²) in [5, 5.41) is 0.673. The summed E-state index contributed by atoms with van der Waals surface area (Å²) in [7, 11) is 1.64. The van der Waals surface area contributed by atoms with E-state index in [0.717, 1.165) is 17.1 Å². The maximum absolute atomic E-state index is 6.06. The second kappa shape index (κ2) is 6.64. The molecule has 0 aliphatic rings. The van der Waals surface area contributed by atoms with Crippen molar-refractivity contribution in [3.8, 4) is 11.5 Å². The Labute approximate surface area is 124 Å². The number of benzene rings is 2. The van der Waals surface area contributed by atoms with Crippen LogP contribution < -0.4 is 15.2 Å². The SMILES string of the molecule is COc1ccccc1C(Oc1ccc(Cl)cc1)C(C)N. The summed E-state index contributed by atoms with van der Waals surface area (Å²) in [4.78, 5) is 0. The Morgan fingerprint density at radius 1 is 1.05 bits per heavy atom. The van der Waals surface area contributed by atoms with Crippen molar-refractivity contribution in [3.63, 3.8) is 0 Å². The van der Waals surface area contributed by atoms with Crippen molar-refractivity contribution in [1.29, 1.82) is 0 Å². The van der Waals surface area contributed by atoms with Gasteiger partial charge in [0.05, 0.1) is 7.11 Å². The van der Waals surface area contributed by atoms with E-state index in [4.69, 9.17) is 26.8 Å². The highest BCUT2D eigenvalue weighted by atomic mass is 35.5. The van der Waals surface area contributed by atoms with Crippen LogP contribution in [0.2, 0.25) is 5.02 Å². The van der Waals surface area contributed by atoms with Gasteiger partial charge in [0.1, 0.15) is 17.6 Å². The molecule has 0 heterocycles. The van der Waals surface area contributed by atoms with E-state index in [0.29, 0.717) is 5.02 Å². The first kappa shape index (κ1) is 14.7. The molecule has 106 valence electrons. The number of methoxy groups -OCH3 is 1. The molecule has 0 saturated carbocycles. The van der Waals surface area contributed by atoms with Crippen LogP contribution in [-0.2, 0) is 0 Å². The molecule has 0 aliphatic heterocycles. The lowest BCUT2D eigenvalue weighted by atomic mass is 10.0. The predicted octanol–water partition coefficient (Wildman–Crippen LogP) is 3.82. The molecule has 3 nitrogen and oxygen atoms in total. The summed E-state index contributed by atoms with van der Waals surface area (Å²) >= 11 is 5.88. The highest BCUT2D eigenvalue weighted by Crippen LogP contribution is 2.31. The van der Waals surface area contributed by atoms with Crippen molar-refractivity contribution >= 4 is 11.6 Å². The van der Waals surface area contributed by atoms with Gasteiger partial charge < -0.3 is 15.2 Å². The fourth-order valence-electron chi connectivity index (χ4n) is 2.02. The van der Waals surface area contributed by atoms with Gasteiger partial charge in [0.25, 0.3) is 0 Å². The minimum atomic E-state index is -0.285. The van der Waals surface area contributed by atoms with E-state index in [9.17, 15) is 0 Å². The monoisotopic (exact) mass is 291 g/mol. The smallest absolute Gasteiger partial charge is 0.142 e. The molecule has 2 aromatic carbocycles. The number of rotatable bonds is 5. The third kappa shape index (κ3) is 3.44. The lowest BCUT2D eigenvalue weighted by Gasteiger charge is -2.24. The maximum atomic E-state index is 6.06. The van der Waals surface area contributed by atoms with Gasteiger partial charge in [0.15, 0.2) is 0 Å². The Balaban J connectivity index is 2.29. The molecular formula is C16H18ClNO2. The molecule has 20 heavy (non-hydrogen) atoms. The quantitative estimate of drug-likeness (QED) is 0.911. The highest BCUT2D eigenvalue weighted by molar-refractivity contribution is 6.30. The number of halogens is 1. The van der Waals surface area contributed by atoms with Crippen molar-refractivity contribution < 1.29 is 9.47 Å². The largest absolute Gasteiger partial charge is 0.496 e. The molecule has 0 bridgehead atoms. The lowest BCUT2D eigenvalue weighted by Crippen LogP contribution is -2.29. The summed E-state index contributed by atoms with van der Waals surface area (Å²) < 4.78 is 11.4. The number of hydrogen-bond donors (Lipinski definition) is 1. The molecule has 4 heteroatoms. The van der Waals surface area contributed by atoms with Crippen molar-refractivity contribution in [2.24, 2.45) is 5.73 Å². The van der Waals surface area contributed by atoms with Gasteiger partial charge in [0.2, 0.25) is 0 Å². The van der Waals surface area contributed by atoms with Gasteiger partial charge in [-0.15, -0.1) is 0 Å². The van der Waals surface area contributed by atoms with Crippen LogP contribution in [0.25, 0.3) is 0 Å². The molecule has 2 atom stereocenters. The Morgan fingerprint density at radius 2 is 1.70 bits per heavy atom.